The standard InChI is InChI=1S/C13H22N4O/c1-9-11(16-7-6-15-9)10(2)17-8-13(3,4)12(18)14-5/h6-7,10,17H,8H2,1-5H3,(H,14,18). The first-order valence-corrected chi connectivity index (χ1v) is 6.11. The van der Waals surface area contributed by atoms with Crippen LogP contribution in [0.1, 0.15) is 38.2 Å². The van der Waals surface area contributed by atoms with Crippen LogP contribution in [0.15, 0.2) is 12.4 Å². The van der Waals surface area contributed by atoms with Crippen molar-refractivity contribution >= 4 is 5.91 Å². The van der Waals surface area contributed by atoms with Gasteiger partial charge in [0.1, 0.15) is 0 Å². The maximum atomic E-state index is 11.7. The first kappa shape index (κ1) is 14.6. The van der Waals surface area contributed by atoms with E-state index >= 15 is 0 Å². The van der Waals surface area contributed by atoms with Gasteiger partial charge in [-0.15, -0.1) is 0 Å². The number of amides is 1. The largest absolute Gasteiger partial charge is 0.359 e. The predicted octanol–water partition coefficient (Wildman–Crippen LogP) is 1.21. The molecule has 100 valence electrons. The topological polar surface area (TPSA) is 66.9 Å². The highest BCUT2D eigenvalue weighted by molar-refractivity contribution is 5.81. The average Bonchev–Trinajstić information content (AvgIpc) is 2.35. The molecule has 2 N–H and O–H groups in total. The molecule has 0 fully saturated rings. The maximum absolute atomic E-state index is 11.7. The van der Waals surface area contributed by atoms with E-state index in [1.165, 1.54) is 0 Å². The molecule has 0 bridgehead atoms. The van der Waals surface area contributed by atoms with Crippen LogP contribution in [0.3, 0.4) is 0 Å². The minimum atomic E-state index is -0.445. The molecule has 0 aliphatic rings. The molecule has 0 aliphatic heterocycles. The van der Waals surface area contributed by atoms with E-state index in [1.807, 2.05) is 27.7 Å². The number of nitrogens with zero attached hydrogens (tertiary/aromatic N) is 2. The van der Waals surface area contributed by atoms with E-state index < -0.39 is 5.41 Å². The lowest BCUT2D eigenvalue weighted by atomic mass is 9.92. The monoisotopic (exact) mass is 250 g/mol. The van der Waals surface area contributed by atoms with E-state index in [0.717, 1.165) is 11.4 Å². The molecule has 5 nitrogen and oxygen atoms in total. The average molecular weight is 250 g/mol. The normalized spacial score (nSPS) is 13.2. The van der Waals surface area contributed by atoms with Crippen LogP contribution in [-0.2, 0) is 4.79 Å². The molecule has 1 unspecified atom stereocenters. The lowest BCUT2D eigenvalue weighted by molar-refractivity contribution is -0.128. The fraction of sp³-hybridized carbons (Fsp3) is 0.615. The fourth-order valence-electron chi connectivity index (χ4n) is 1.77. The number of carbonyl (C=O) groups excluding carboxylic acids is 1. The maximum Gasteiger partial charge on any atom is 0.226 e. The number of hydrogen-bond acceptors (Lipinski definition) is 4. The van der Waals surface area contributed by atoms with Crippen LogP contribution in [0.5, 0.6) is 0 Å². The van der Waals surface area contributed by atoms with Crippen molar-refractivity contribution in [2.24, 2.45) is 5.41 Å². The lowest BCUT2D eigenvalue weighted by Crippen LogP contribution is -2.42. The van der Waals surface area contributed by atoms with Crippen LogP contribution in [0.2, 0.25) is 0 Å². The van der Waals surface area contributed by atoms with Crippen molar-refractivity contribution in [3.05, 3.63) is 23.8 Å². The van der Waals surface area contributed by atoms with Gasteiger partial charge < -0.3 is 10.6 Å². The molecule has 0 spiro atoms. The lowest BCUT2D eigenvalue weighted by Gasteiger charge is -2.25. The highest BCUT2D eigenvalue weighted by Gasteiger charge is 2.27. The van der Waals surface area contributed by atoms with Gasteiger partial charge in [-0.1, -0.05) is 0 Å². The Labute approximate surface area is 108 Å². The summed E-state index contributed by atoms with van der Waals surface area (Å²) in [4.78, 5) is 20.2. The highest BCUT2D eigenvalue weighted by atomic mass is 16.2. The third-order valence-corrected chi connectivity index (χ3v) is 3.02. The summed E-state index contributed by atoms with van der Waals surface area (Å²) in [5.41, 5.74) is 1.39. The van der Waals surface area contributed by atoms with Crippen molar-refractivity contribution in [3.63, 3.8) is 0 Å². The van der Waals surface area contributed by atoms with Gasteiger partial charge in [-0.05, 0) is 27.7 Å². The minimum absolute atomic E-state index is 0.0260. The first-order valence-electron chi connectivity index (χ1n) is 6.11. The van der Waals surface area contributed by atoms with Gasteiger partial charge in [-0.3, -0.25) is 14.8 Å². The Kier molecular flexibility index (Phi) is 4.78. The van der Waals surface area contributed by atoms with E-state index in [-0.39, 0.29) is 11.9 Å². The number of aryl methyl sites for hydroxylation is 1. The van der Waals surface area contributed by atoms with Gasteiger partial charge in [0, 0.05) is 32.0 Å². The van der Waals surface area contributed by atoms with Gasteiger partial charge in [0.15, 0.2) is 0 Å². The van der Waals surface area contributed by atoms with Gasteiger partial charge in [-0.2, -0.15) is 0 Å². The van der Waals surface area contributed by atoms with E-state index in [4.69, 9.17) is 0 Å². The second kappa shape index (κ2) is 5.91. The zero-order valence-electron chi connectivity index (χ0n) is 11.7. The molecule has 1 aromatic heterocycles. The van der Waals surface area contributed by atoms with Gasteiger partial charge in [0.25, 0.3) is 0 Å². The zero-order chi connectivity index (χ0) is 13.8. The Bertz CT molecular complexity index is 417. The molecule has 1 heterocycles. The summed E-state index contributed by atoms with van der Waals surface area (Å²) in [7, 11) is 1.65. The van der Waals surface area contributed by atoms with Crippen LogP contribution in [0.4, 0.5) is 0 Å². The molecule has 1 amide bonds. The van der Waals surface area contributed by atoms with Crippen LogP contribution < -0.4 is 10.6 Å². The zero-order valence-corrected chi connectivity index (χ0v) is 11.7. The van der Waals surface area contributed by atoms with Crippen molar-refractivity contribution in [3.8, 4) is 0 Å². The number of nitrogens with one attached hydrogen (secondary N) is 2. The fourth-order valence-corrected chi connectivity index (χ4v) is 1.77. The van der Waals surface area contributed by atoms with Crippen LogP contribution in [0.25, 0.3) is 0 Å². The molecule has 1 atom stereocenters. The Hall–Kier alpha value is -1.49. The van der Waals surface area contributed by atoms with Gasteiger partial charge in [-0.25, -0.2) is 0 Å². The van der Waals surface area contributed by atoms with Crippen LogP contribution in [0, 0.1) is 12.3 Å². The number of aromatic nitrogens is 2. The SMILES string of the molecule is CNC(=O)C(C)(C)CNC(C)c1nccnc1C. The van der Waals surface area contributed by atoms with E-state index in [2.05, 4.69) is 20.6 Å². The summed E-state index contributed by atoms with van der Waals surface area (Å²) < 4.78 is 0. The molecule has 0 aliphatic carbocycles. The molecule has 0 saturated heterocycles. The Morgan fingerprint density at radius 3 is 2.56 bits per heavy atom. The van der Waals surface area contributed by atoms with Crippen molar-refractivity contribution in [1.82, 2.24) is 20.6 Å². The molecule has 0 radical (unpaired) electrons. The third kappa shape index (κ3) is 3.50. The molecule has 1 rings (SSSR count). The van der Waals surface area contributed by atoms with Gasteiger partial charge >= 0.3 is 0 Å². The number of carbonyl (C=O) groups is 1. The quantitative estimate of drug-likeness (QED) is 0.824. The minimum Gasteiger partial charge on any atom is -0.359 e. The Balaban J connectivity index is 2.64. The Morgan fingerprint density at radius 1 is 1.39 bits per heavy atom. The van der Waals surface area contributed by atoms with Crippen molar-refractivity contribution in [2.75, 3.05) is 13.6 Å². The summed E-state index contributed by atoms with van der Waals surface area (Å²) in [6.45, 7) is 8.37. The van der Waals surface area contributed by atoms with Crippen molar-refractivity contribution < 1.29 is 4.79 Å². The Morgan fingerprint density at radius 2 is 2.00 bits per heavy atom. The third-order valence-electron chi connectivity index (χ3n) is 3.02. The summed E-state index contributed by atoms with van der Waals surface area (Å²) in [6.07, 6.45) is 3.37. The van der Waals surface area contributed by atoms with Crippen molar-refractivity contribution in [1.29, 1.82) is 0 Å². The molecule has 0 saturated carbocycles. The first-order chi connectivity index (χ1) is 8.38. The number of hydrogen-bond donors (Lipinski definition) is 2. The molecular formula is C13H22N4O. The number of rotatable bonds is 5. The van der Waals surface area contributed by atoms with Crippen LogP contribution >= 0.6 is 0 Å². The summed E-state index contributed by atoms with van der Waals surface area (Å²) in [5, 5.41) is 6.01. The summed E-state index contributed by atoms with van der Waals surface area (Å²) >= 11 is 0. The molecule has 18 heavy (non-hydrogen) atoms. The van der Waals surface area contributed by atoms with Gasteiger partial charge in [0.05, 0.1) is 16.8 Å². The summed E-state index contributed by atoms with van der Waals surface area (Å²) in [6, 6.07) is 0.0719. The second-order valence-electron chi connectivity index (χ2n) is 5.09. The highest BCUT2D eigenvalue weighted by Crippen LogP contribution is 2.17. The molecular weight excluding hydrogens is 228 g/mol. The molecule has 0 aromatic carbocycles. The smallest absolute Gasteiger partial charge is 0.226 e. The molecule has 5 heteroatoms. The van der Waals surface area contributed by atoms with Crippen molar-refractivity contribution in [2.45, 2.75) is 33.7 Å². The second-order valence-corrected chi connectivity index (χ2v) is 5.09. The van der Waals surface area contributed by atoms with E-state index in [9.17, 15) is 4.79 Å². The summed E-state index contributed by atoms with van der Waals surface area (Å²) in [5.74, 6) is 0.0260. The van der Waals surface area contributed by atoms with E-state index in [1.54, 1.807) is 19.4 Å². The molecule has 1 aromatic rings. The van der Waals surface area contributed by atoms with Crippen LogP contribution in [-0.4, -0.2) is 29.5 Å². The van der Waals surface area contributed by atoms with Gasteiger partial charge in [0.2, 0.25) is 5.91 Å². The predicted molar refractivity (Wildman–Crippen MR) is 71.0 cm³/mol. The van der Waals surface area contributed by atoms with E-state index in [0.29, 0.717) is 6.54 Å².